The summed E-state index contributed by atoms with van der Waals surface area (Å²) in [5.41, 5.74) is 0. The van der Waals surface area contributed by atoms with Gasteiger partial charge in [0, 0.05) is 12.8 Å². The molecular weight excluding hydrogens is 1010 g/mol. The molecule has 0 aromatic heterocycles. The number of phosphoric acid groups is 1. The van der Waals surface area contributed by atoms with Crippen molar-refractivity contribution in [3.8, 4) is 0 Å². The van der Waals surface area contributed by atoms with Crippen LogP contribution in [0.15, 0.2) is 85.1 Å². The van der Waals surface area contributed by atoms with Crippen molar-refractivity contribution >= 4 is 19.8 Å². The van der Waals surface area contributed by atoms with Crippen LogP contribution in [0.1, 0.15) is 296 Å². The van der Waals surface area contributed by atoms with Gasteiger partial charge in [-0.3, -0.25) is 18.6 Å². The summed E-state index contributed by atoms with van der Waals surface area (Å²) in [6.07, 6.45) is 82.4. The number of rotatable bonds is 61. The van der Waals surface area contributed by atoms with E-state index in [-0.39, 0.29) is 32.0 Å². The molecule has 0 spiro atoms. The molecule has 0 bridgehead atoms. The van der Waals surface area contributed by atoms with Crippen LogP contribution >= 0.6 is 7.82 Å². The zero-order valence-corrected chi connectivity index (χ0v) is 53.7. The molecule has 1 N–H and O–H groups in total. The fourth-order valence-electron chi connectivity index (χ4n) is 9.31. The van der Waals surface area contributed by atoms with E-state index >= 15 is 0 Å². The Bertz CT molecular complexity index is 1630. The summed E-state index contributed by atoms with van der Waals surface area (Å²) in [4.78, 5) is 35.8. The first-order valence-corrected chi connectivity index (χ1v) is 34.8. The maximum atomic E-state index is 12.9. The average molecular weight is 1140 g/mol. The zero-order chi connectivity index (χ0) is 58.4. The number of phosphoric ester groups is 1. The standard InChI is InChI=1S/C70H126NO8P/c1-6-8-10-12-14-16-18-20-22-24-26-28-30-32-34-35-37-39-41-43-45-47-49-51-53-55-57-59-61-63-70(73)79-68(67-78-80(74,75)77-65-64-71(3,4)5)66-76-69(72)62-60-58-56-54-52-50-48-46-44-42-40-38-36-33-31-29-27-25-23-21-19-17-15-13-11-9-7-2/h8,10,14,16,19-22,25-28,31,33,68H,6-7,9,11-13,15,17-18,23-24,29-30,32,34-67H2,1-5H3/p+1/b10-8-,16-14-,21-19-,22-20-,27-25-,28-26-,33-31-. The Labute approximate surface area is 494 Å². The molecule has 0 saturated carbocycles. The molecule has 0 aliphatic heterocycles. The van der Waals surface area contributed by atoms with Crippen LogP contribution in [-0.2, 0) is 32.7 Å². The van der Waals surface area contributed by atoms with Gasteiger partial charge in [0.25, 0.3) is 0 Å². The third-order valence-corrected chi connectivity index (χ3v) is 15.4. The number of likely N-dealkylation sites (N-methyl/N-ethyl adjacent to an activating group) is 1. The third kappa shape index (κ3) is 64.4. The second kappa shape index (κ2) is 60.8. The van der Waals surface area contributed by atoms with Gasteiger partial charge in [-0.05, 0) is 89.9 Å². The minimum atomic E-state index is -4.39. The second-order valence-electron chi connectivity index (χ2n) is 23.5. The van der Waals surface area contributed by atoms with Crippen LogP contribution in [0.3, 0.4) is 0 Å². The first kappa shape index (κ1) is 77.2. The Morgan fingerprint density at radius 3 is 1.06 bits per heavy atom. The monoisotopic (exact) mass is 1140 g/mol. The van der Waals surface area contributed by atoms with E-state index < -0.39 is 26.5 Å². The van der Waals surface area contributed by atoms with Crippen molar-refractivity contribution in [3.05, 3.63) is 85.1 Å². The van der Waals surface area contributed by atoms with Crippen LogP contribution in [0.5, 0.6) is 0 Å². The molecule has 0 aliphatic rings. The molecular formula is C70H127NO8P+. The van der Waals surface area contributed by atoms with Crippen molar-refractivity contribution in [2.45, 2.75) is 302 Å². The molecule has 0 rings (SSSR count). The predicted octanol–water partition coefficient (Wildman–Crippen LogP) is 21.4. The van der Waals surface area contributed by atoms with Crippen molar-refractivity contribution in [1.82, 2.24) is 0 Å². The zero-order valence-electron chi connectivity index (χ0n) is 52.8. The van der Waals surface area contributed by atoms with Gasteiger partial charge in [-0.15, -0.1) is 0 Å². The molecule has 0 fully saturated rings. The highest BCUT2D eigenvalue weighted by Crippen LogP contribution is 2.43. The number of quaternary nitrogens is 1. The summed E-state index contributed by atoms with van der Waals surface area (Å²) in [6, 6.07) is 0. The maximum Gasteiger partial charge on any atom is 0.472 e. The Hall–Kier alpha value is -2.81. The first-order valence-electron chi connectivity index (χ1n) is 33.3. The second-order valence-corrected chi connectivity index (χ2v) is 24.9. The molecule has 80 heavy (non-hydrogen) atoms. The predicted molar refractivity (Wildman–Crippen MR) is 344 cm³/mol. The lowest BCUT2D eigenvalue weighted by atomic mass is 10.0. The Balaban J connectivity index is 4.08. The molecule has 0 heterocycles. The molecule has 464 valence electrons. The molecule has 10 heteroatoms. The van der Waals surface area contributed by atoms with Gasteiger partial charge in [-0.25, -0.2) is 4.57 Å². The number of ether oxygens (including phenoxy) is 2. The van der Waals surface area contributed by atoms with E-state index in [2.05, 4.69) is 98.9 Å². The lowest BCUT2D eigenvalue weighted by Crippen LogP contribution is -2.37. The lowest BCUT2D eigenvalue weighted by Gasteiger charge is -2.24. The van der Waals surface area contributed by atoms with Crippen LogP contribution in [0.2, 0.25) is 0 Å². The van der Waals surface area contributed by atoms with Crippen LogP contribution < -0.4 is 0 Å². The SMILES string of the molecule is CC/C=C\C/C=C\C/C=C\C/C=C\CCCCCCCCCCCCCCCCCCC(=O)OC(COC(=O)CCCCCCCCCCCCCC/C=C\C/C=C\C/C=C\CCCCCCC)COP(=O)(O)OCC[N+](C)(C)C. The van der Waals surface area contributed by atoms with E-state index in [0.717, 1.165) is 70.6 Å². The maximum absolute atomic E-state index is 12.9. The van der Waals surface area contributed by atoms with E-state index in [9.17, 15) is 19.0 Å². The highest BCUT2D eigenvalue weighted by molar-refractivity contribution is 7.47. The normalized spacial score (nSPS) is 13.7. The fraction of sp³-hybridized carbons (Fsp3) is 0.771. The molecule has 0 aliphatic carbocycles. The van der Waals surface area contributed by atoms with Crippen LogP contribution in [0, 0.1) is 0 Å². The number of esters is 2. The highest BCUT2D eigenvalue weighted by atomic mass is 31.2. The number of hydrogen-bond acceptors (Lipinski definition) is 7. The Morgan fingerprint density at radius 2 is 0.713 bits per heavy atom. The average Bonchev–Trinajstić information content (AvgIpc) is 3.42. The Morgan fingerprint density at radius 1 is 0.400 bits per heavy atom. The minimum absolute atomic E-state index is 0.0296. The molecule has 2 unspecified atom stereocenters. The summed E-state index contributed by atoms with van der Waals surface area (Å²) in [5.74, 6) is -0.792. The number of carbonyl (C=O) groups is 2. The molecule has 0 aromatic carbocycles. The molecule has 9 nitrogen and oxygen atoms in total. The molecule has 0 radical (unpaired) electrons. The van der Waals surface area contributed by atoms with Crippen LogP contribution in [0.25, 0.3) is 0 Å². The van der Waals surface area contributed by atoms with E-state index in [1.54, 1.807) is 0 Å². The van der Waals surface area contributed by atoms with Crippen LogP contribution in [0.4, 0.5) is 0 Å². The van der Waals surface area contributed by atoms with E-state index in [0.29, 0.717) is 17.4 Å². The van der Waals surface area contributed by atoms with Gasteiger partial charge in [-0.2, -0.15) is 0 Å². The van der Waals surface area contributed by atoms with Crippen LogP contribution in [-0.4, -0.2) is 74.9 Å². The Kier molecular flexibility index (Phi) is 58.6. The topological polar surface area (TPSA) is 108 Å². The minimum Gasteiger partial charge on any atom is -0.462 e. The van der Waals surface area contributed by atoms with Crippen molar-refractivity contribution in [2.24, 2.45) is 0 Å². The number of allylic oxidation sites excluding steroid dienone is 14. The van der Waals surface area contributed by atoms with Gasteiger partial charge < -0.3 is 18.9 Å². The number of nitrogens with zero attached hydrogens (tertiary/aromatic N) is 1. The van der Waals surface area contributed by atoms with Crippen molar-refractivity contribution < 1.29 is 42.1 Å². The van der Waals surface area contributed by atoms with E-state index in [4.69, 9.17) is 18.5 Å². The smallest absolute Gasteiger partial charge is 0.462 e. The summed E-state index contributed by atoms with van der Waals surface area (Å²) in [5, 5.41) is 0. The third-order valence-electron chi connectivity index (χ3n) is 14.4. The van der Waals surface area contributed by atoms with Gasteiger partial charge in [0.05, 0.1) is 27.7 Å². The van der Waals surface area contributed by atoms with Crippen molar-refractivity contribution in [2.75, 3.05) is 47.5 Å². The summed E-state index contributed by atoms with van der Waals surface area (Å²) >= 11 is 0. The largest absolute Gasteiger partial charge is 0.472 e. The van der Waals surface area contributed by atoms with E-state index in [1.807, 2.05) is 21.1 Å². The van der Waals surface area contributed by atoms with Gasteiger partial charge >= 0.3 is 19.8 Å². The summed E-state index contributed by atoms with van der Waals surface area (Å²) in [7, 11) is 1.48. The summed E-state index contributed by atoms with van der Waals surface area (Å²) in [6.45, 7) is 4.34. The number of unbranched alkanes of at least 4 members (excludes halogenated alkanes) is 33. The first-order chi connectivity index (χ1) is 39.0. The lowest BCUT2D eigenvalue weighted by molar-refractivity contribution is -0.870. The number of carbonyl (C=O) groups excluding carboxylic acids is 2. The quantitative estimate of drug-likeness (QED) is 0.0211. The van der Waals surface area contributed by atoms with E-state index in [1.165, 1.54) is 193 Å². The van der Waals surface area contributed by atoms with Gasteiger partial charge in [0.1, 0.15) is 19.8 Å². The molecule has 0 aromatic rings. The van der Waals surface area contributed by atoms with Crippen molar-refractivity contribution in [3.63, 3.8) is 0 Å². The highest BCUT2D eigenvalue weighted by Gasteiger charge is 2.27. The fourth-order valence-corrected chi connectivity index (χ4v) is 10.1. The molecule has 2 atom stereocenters. The summed E-state index contributed by atoms with van der Waals surface area (Å²) < 4.78 is 34.7. The molecule has 0 saturated heterocycles. The van der Waals surface area contributed by atoms with Crippen molar-refractivity contribution in [1.29, 1.82) is 0 Å². The van der Waals surface area contributed by atoms with Gasteiger partial charge in [0.2, 0.25) is 0 Å². The van der Waals surface area contributed by atoms with Gasteiger partial charge in [0.15, 0.2) is 6.10 Å². The van der Waals surface area contributed by atoms with Gasteiger partial charge in [-0.1, -0.05) is 279 Å². The number of hydrogen-bond donors (Lipinski definition) is 1. The molecule has 0 amide bonds.